The molecule has 4 heteroatoms. The molecule has 1 aromatic carbocycles. The Morgan fingerprint density at radius 2 is 2.05 bits per heavy atom. The second-order valence-electron chi connectivity index (χ2n) is 4.57. The molecule has 108 valence electrons. The summed E-state index contributed by atoms with van der Waals surface area (Å²) in [6.45, 7) is 5.36. The van der Waals surface area contributed by atoms with Crippen molar-refractivity contribution in [2.75, 3.05) is 13.7 Å². The Bertz CT molecular complexity index is 567. The molecule has 0 aliphatic rings. The first kappa shape index (κ1) is 15.5. The van der Waals surface area contributed by atoms with Crippen molar-refractivity contribution in [1.82, 2.24) is 5.32 Å². The molecule has 0 saturated heterocycles. The standard InChI is InChI=1S/C16H20BrNOS/c1-4-14(18-5-2)16-9-8-15(20-16)12-10-11(19-3)6-7-13(12)17/h6-10,14,18H,4-5H2,1-3H3. The first-order chi connectivity index (χ1) is 9.69. The molecule has 1 unspecified atom stereocenters. The zero-order valence-electron chi connectivity index (χ0n) is 12.1. The second kappa shape index (κ2) is 7.25. The molecule has 0 bridgehead atoms. The van der Waals surface area contributed by atoms with Crippen molar-refractivity contribution in [2.24, 2.45) is 0 Å². The zero-order chi connectivity index (χ0) is 14.5. The van der Waals surface area contributed by atoms with Crippen LogP contribution in [-0.4, -0.2) is 13.7 Å². The van der Waals surface area contributed by atoms with E-state index in [2.05, 4.69) is 53.3 Å². The molecule has 0 aliphatic heterocycles. The van der Waals surface area contributed by atoms with Crippen LogP contribution >= 0.6 is 27.3 Å². The first-order valence-electron chi connectivity index (χ1n) is 6.86. The monoisotopic (exact) mass is 353 g/mol. The average Bonchev–Trinajstić information content (AvgIpc) is 2.94. The third kappa shape index (κ3) is 3.43. The number of ether oxygens (including phenoxy) is 1. The Hall–Kier alpha value is -0.840. The summed E-state index contributed by atoms with van der Waals surface area (Å²) in [5.74, 6) is 0.886. The summed E-state index contributed by atoms with van der Waals surface area (Å²) < 4.78 is 6.42. The van der Waals surface area contributed by atoms with Crippen molar-refractivity contribution in [3.8, 4) is 16.2 Å². The quantitative estimate of drug-likeness (QED) is 0.765. The van der Waals surface area contributed by atoms with Crippen LogP contribution < -0.4 is 10.1 Å². The summed E-state index contributed by atoms with van der Waals surface area (Å²) >= 11 is 5.47. The molecule has 1 N–H and O–H groups in total. The highest BCUT2D eigenvalue weighted by Gasteiger charge is 2.13. The smallest absolute Gasteiger partial charge is 0.119 e. The summed E-state index contributed by atoms with van der Waals surface area (Å²) in [4.78, 5) is 2.65. The SMILES string of the molecule is CCNC(CC)c1ccc(-c2cc(OC)ccc2Br)s1. The number of thiophene rings is 1. The lowest BCUT2D eigenvalue weighted by Gasteiger charge is -2.13. The number of benzene rings is 1. The Morgan fingerprint density at radius 1 is 1.25 bits per heavy atom. The number of hydrogen-bond donors (Lipinski definition) is 1. The molecule has 0 aliphatic carbocycles. The molecule has 0 radical (unpaired) electrons. The van der Waals surface area contributed by atoms with Gasteiger partial charge in [-0.25, -0.2) is 0 Å². The summed E-state index contributed by atoms with van der Waals surface area (Å²) in [6.07, 6.45) is 1.10. The maximum Gasteiger partial charge on any atom is 0.119 e. The molecule has 1 aromatic heterocycles. The molecule has 0 spiro atoms. The van der Waals surface area contributed by atoms with Gasteiger partial charge in [-0.3, -0.25) is 0 Å². The van der Waals surface area contributed by atoms with E-state index in [0.717, 1.165) is 23.2 Å². The van der Waals surface area contributed by atoms with Crippen LogP contribution in [0.2, 0.25) is 0 Å². The minimum absolute atomic E-state index is 0.447. The van der Waals surface area contributed by atoms with Gasteiger partial charge in [0.2, 0.25) is 0 Å². The third-order valence-electron chi connectivity index (χ3n) is 3.27. The fraction of sp³-hybridized carbons (Fsp3) is 0.375. The first-order valence-corrected chi connectivity index (χ1v) is 8.47. The average molecular weight is 354 g/mol. The van der Waals surface area contributed by atoms with Crippen LogP contribution in [-0.2, 0) is 0 Å². The Labute approximate surface area is 133 Å². The molecular formula is C16H20BrNOS. The maximum absolute atomic E-state index is 5.32. The normalized spacial score (nSPS) is 12.4. The molecule has 0 saturated carbocycles. The summed E-state index contributed by atoms with van der Waals surface area (Å²) in [6, 6.07) is 10.9. The van der Waals surface area contributed by atoms with Crippen LogP contribution in [0, 0.1) is 0 Å². The van der Waals surface area contributed by atoms with Crippen LogP contribution in [0.5, 0.6) is 5.75 Å². The largest absolute Gasteiger partial charge is 0.497 e. The van der Waals surface area contributed by atoms with E-state index in [0.29, 0.717) is 6.04 Å². The van der Waals surface area contributed by atoms with Gasteiger partial charge in [-0.1, -0.05) is 29.8 Å². The lowest BCUT2D eigenvalue weighted by atomic mass is 10.1. The van der Waals surface area contributed by atoms with Gasteiger partial charge in [0.15, 0.2) is 0 Å². The predicted molar refractivity (Wildman–Crippen MR) is 90.7 cm³/mol. The van der Waals surface area contributed by atoms with Crippen LogP contribution in [0.3, 0.4) is 0 Å². The van der Waals surface area contributed by atoms with E-state index in [1.54, 1.807) is 7.11 Å². The van der Waals surface area contributed by atoms with Crippen LogP contribution in [0.15, 0.2) is 34.8 Å². The Balaban J connectivity index is 2.32. The van der Waals surface area contributed by atoms with E-state index >= 15 is 0 Å². The van der Waals surface area contributed by atoms with Gasteiger partial charge in [0, 0.05) is 25.8 Å². The van der Waals surface area contributed by atoms with E-state index in [1.807, 2.05) is 23.5 Å². The third-order valence-corrected chi connectivity index (χ3v) is 5.19. The Kier molecular flexibility index (Phi) is 5.64. The highest BCUT2D eigenvalue weighted by molar-refractivity contribution is 9.10. The van der Waals surface area contributed by atoms with Crippen LogP contribution in [0.1, 0.15) is 31.2 Å². The van der Waals surface area contributed by atoms with Crippen LogP contribution in [0.4, 0.5) is 0 Å². The molecule has 0 amide bonds. The molecule has 2 rings (SSSR count). The van der Waals surface area contributed by atoms with Gasteiger partial charge in [0.05, 0.1) is 7.11 Å². The lowest BCUT2D eigenvalue weighted by Crippen LogP contribution is -2.18. The fourth-order valence-corrected chi connectivity index (χ4v) is 3.99. The lowest BCUT2D eigenvalue weighted by molar-refractivity contribution is 0.415. The van der Waals surface area contributed by atoms with Crippen molar-refractivity contribution >= 4 is 27.3 Å². The maximum atomic E-state index is 5.32. The number of methoxy groups -OCH3 is 1. The number of rotatable bonds is 6. The van der Waals surface area contributed by atoms with Gasteiger partial charge >= 0.3 is 0 Å². The predicted octanol–water partition coefficient (Wildman–Crippen LogP) is 5.25. The van der Waals surface area contributed by atoms with E-state index in [4.69, 9.17) is 4.74 Å². The van der Waals surface area contributed by atoms with Gasteiger partial charge in [-0.05, 0) is 43.3 Å². The Morgan fingerprint density at radius 3 is 2.70 bits per heavy atom. The summed E-state index contributed by atoms with van der Waals surface area (Å²) in [5, 5.41) is 3.52. The highest BCUT2D eigenvalue weighted by Crippen LogP contribution is 2.38. The van der Waals surface area contributed by atoms with Crippen molar-refractivity contribution in [1.29, 1.82) is 0 Å². The minimum Gasteiger partial charge on any atom is -0.497 e. The minimum atomic E-state index is 0.447. The molecule has 0 fully saturated rings. The number of hydrogen-bond acceptors (Lipinski definition) is 3. The van der Waals surface area contributed by atoms with Gasteiger partial charge < -0.3 is 10.1 Å². The number of nitrogens with one attached hydrogen (secondary N) is 1. The van der Waals surface area contributed by atoms with E-state index in [9.17, 15) is 0 Å². The molecule has 2 nitrogen and oxygen atoms in total. The molecule has 1 heterocycles. The second-order valence-corrected chi connectivity index (χ2v) is 6.54. The van der Waals surface area contributed by atoms with Crippen molar-refractivity contribution < 1.29 is 4.74 Å². The number of halogens is 1. The zero-order valence-corrected chi connectivity index (χ0v) is 14.5. The fourth-order valence-electron chi connectivity index (χ4n) is 2.20. The van der Waals surface area contributed by atoms with Gasteiger partial charge in [-0.15, -0.1) is 11.3 Å². The molecule has 1 atom stereocenters. The molecular weight excluding hydrogens is 334 g/mol. The van der Waals surface area contributed by atoms with Gasteiger partial charge in [-0.2, -0.15) is 0 Å². The van der Waals surface area contributed by atoms with Gasteiger partial charge in [0.25, 0.3) is 0 Å². The van der Waals surface area contributed by atoms with E-state index in [-0.39, 0.29) is 0 Å². The topological polar surface area (TPSA) is 21.3 Å². The van der Waals surface area contributed by atoms with E-state index < -0.39 is 0 Å². The van der Waals surface area contributed by atoms with Crippen LogP contribution in [0.25, 0.3) is 10.4 Å². The summed E-state index contributed by atoms with van der Waals surface area (Å²) in [5.41, 5.74) is 1.19. The van der Waals surface area contributed by atoms with Gasteiger partial charge in [0.1, 0.15) is 5.75 Å². The van der Waals surface area contributed by atoms with Crippen molar-refractivity contribution in [3.63, 3.8) is 0 Å². The van der Waals surface area contributed by atoms with Crippen molar-refractivity contribution in [2.45, 2.75) is 26.3 Å². The van der Waals surface area contributed by atoms with E-state index in [1.165, 1.54) is 15.3 Å². The molecule has 20 heavy (non-hydrogen) atoms. The van der Waals surface area contributed by atoms with Crippen molar-refractivity contribution in [3.05, 3.63) is 39.7 Å². The summed E-state index contributed by atoms with van der Waals surface area (Å²) in [7, 11) is 1.70. The highest BCUT2D eigenvalue weighted by atomic mass is 79.9. The molecule has 2 aromatic rings.